The largest absolute Gasteiger partial charge is 2.00 e. The summed E-state index contributed by atoms with van der Waals surface area (Å²) >= 11 is 0. The van der Waals surface area contributed by atoms with Crippen LogP contribution < -0.4 is 0 Å². The molecule has 59 valence electrons. The van der Waals surface area contributed by atoms with Crippen molar-refractivity contribution in [3.05, 3.63) is 36.2 Å². The summed E-state index contributed by atoms with van der Waals surface area (Å²) in [5, 5.41) is 0. The summed E-state index contributed by atoms with van der Waals surface area (Å²) in [5.74, 6) is 1.42. The molecule has 0 nitrogen and oxygen atoms in total. The van der Waals surface area contributed by atoms with Crippen LogP contribution in [0.3, 0.4) is 0 Å². The van der Waals surface area contributed by atoms with Gasteiger partial charge in [0, 0.05) is 0 Å². The third-order valence-corrected chi connectivity index (χ3v) is 0.556. The summed E-state index contributed by atoms with van der Waals surface area (Å²) in [6, 6.07) is 10.0. The molecule has 0 N–H and O–H groups in total. The normalized spacial score (nSPS) is 7.60. The molecular formula is C9H14Co. The van der Waals surface area contributed by atoms with E-state index in [-0.39, 0.29) is 16.8 Å². The zero-order valence-electron chi connectivity index (χ0n) is 6.72. The molecule has 0 amide bonds. The Balaban J connectivity index is 0. The van der Waals surface area contributed by atoms with Crippen molar-refractivity contribution < 1.29 is 16.8 Å². The molecule has 0 aliphatic carbocycles. The van der Waals surface area contributed by atoms with Crippen LogP contribution in [-0.2, 0) is 16.8 Å². The minimum Gasteiger partial charge on any atom is -0.323 e. The summed E-state index contributed by atoms with van der Waals surface area (Å²) in [7, 11) is 0. The quantitative estimate of drug-likeness (QED) is 0.539. The maximum absolute atomic E-state index is 2.08. The van der Waals surface area contributed by atoms with Gasteiger partial charge in [-0.1, -0.05) is 0 Å². The monoisotopic (exact) mass is 181 g/mol. The molecule has 10 heavy (non-hydrogen) atoms. The first-order valence-corrected chi connectivity index (χ1v) is 3.17. The van der Waals surface area contributed by atoms with Crippen LogP contribution >= 0.6 is 0 Å². The minimum absolute atomic E-state index is 0. The molecule has 1 radical (unpaired) electrons. The zero-order chi connectivity index (χ0) is 7.11. The molecule has 1 heteroatoms. The van der Waals surface area contributed by atoms with Crippen LogP contribution in [0.5, 0.6) is 0 Å². The van der Waals surface area contributed by atoms with Gasteiger partial charge in [-0.3, -0.25) is 0 Å². The van der Waals surface area contributed by atoms with Crippen molar-refractivity contribution in [3.8, 4) is 0 Å². The molecule has 0 atom stereocenters. The van der Waals surface area contributed by atoms with E-state index in [9.17, 15) is 0 Å². The summed E-state index contributed by atoms with van der Waals surface area (Å²) in [6.45, 7) is 6.25. The van der Waals surface area contributed by atoms with Crippen LogP contribution in [0.15, 0.2) is 30.3 Å². The van der Waals surface area contributed by atoms with Crippen molar-refractivity contribution in [2.75, 3.05) is 0 Å². The molecular weight excluding hydrogens is 167 g/mol. The Morgan fingerprint density at radius 2 is 1.30 bits per heavy atom. The van der Waals surface area contributed by atoms with Gasteiger partial charge >= 0.3 is 16.8 Å². The summed E-state index contributed by atoms with van der Waals surface area (Å²) in [4.78, 5) is 0. The first kappa shape index (κ1) is 12.5. The van der Waals surface area contributed by atoms with Crippen molar-refractivity contribution in [1.29, 1.82) is 0 Å². The fourth-order valence-electron chi connectivity index (χ4n) is 0.321. The average Bonchev–Trinajstić information content (AvgIpc) is 2.11. The smallest absolute Gasteiger partial charge is 0.323 e. The standard InChI is InChI=1S/C5H5.C4H9.Co/c1-2-4-5-3-1;1-4(2)3;/h1-5H;1-3H3;/q2*-1;+2. The van der Waals surface area contributed by atoms with E-state index in [4.69, 9.17) is 0 Å². The number of rotatable bonds is 0. The van der Waals surface area contributed by atoms with Crippen molar-refractivity contribution in [2.24, 2.45) is 0 Å². The first-order chi connectivity index (χ1) is 4.23. The van der Waals surface area contributed by atoms with Gasteiger partial charge in [0.05, 0.1) is 0 Å². The van der Waals surface area contributed by atoms with Gasteiger partial charge in [-0.15, -0.1) is 0 Å². The summed E-state index contributed by atoms with van der Waals surface area (Å²) in [6.07, 6.45) is 0. The fourth-order valence-corrected chi connectivity index (χ4v) is 0.321. The maximum atomic E-state index is 2.08. The van der Waals surface area contributed by atoms with Crippen LogP contribution in [0.25, 0.3) is 0 Å². The minimum atomic E-state index is 0. The van der Waals surface area contributed by atoms with Gasteiger partial charge in [0.2, 0.25) is 0 Å². The predicted octanol–water partition coefficient (Wildman–Crippen LogP) is 3.02. The van der Waals surface area contributed by atoms with E-state index in [1.807, 2.05) is 30.3 Å². The molecule has 0 aromatic heterocycles. The third kappa shape index (κ3) is 15.7. The molecule has 0 unspecified atom stereocenters. The molecule has 0 aliphatic rings. The van der Waals surface area contributed by atoms with Crippen LogP contribution in [0.4, 0.5) is 0 Å². The van der Waals surface area contributed by atoms with Gasteiger partial charge in [0.15, 0.2) is 0 Å². The summed E-state index contributed by atoms with van der Waals surface area (Å²) in [5.41, 5.74) is 0. The van der Waals surface area contributed by atoms with Crippen LogP contribution in [0.1, 0.15) is 20.8 Å². The SMILES string of the molecule is C[C-](C)C.[Co+2].c1cc[cH-]c1. The van der Waals surface area contributed by atoms with E-state index in [2.05, 4.69) is 20.8 Å². The number of hydrogen-bond acceptors (Lipinski definition) is 0. The topological polar surface area (TPSA) is 0 Å². The Bertz CT molecular complexity index is 88.3. The van der Waals surface area contributed by atoms with E-state index in [1.165, 1.54) is 5.92 Å². The zero-order valence-corrected chi connectivity index (χ0v) is 7.76. The van der Waals surface area contributed by atoms with E-state index in [0.717, 1.165) is 0 Å². The van der Waals surface area contributed by atoms with Gasteiger partial charge in [-0.05, 0) is 0 Å². The molecule has 0 aliphatic heterocycles. The predicted molar refractivity (Wildman–Crippen MR) is 42.3 cm³/mol. The molecule has 0 spiro atoms. The van der Waals surface area contributed by atoms with Crippen molar-refractivity contribution >= 4 is 0 Å². The van der Waals surface area contributed by atoms with E-state index in [0.29, 0.717) is 0 Å². The molecule has 0 saturated heterocycles. The second kappa shape index (κ2) is 8.86. The van der Waals surface area contributed by atoms with Crippen molar-refractivity contribution in [1.82, 2.24) is 0 Å². The second-order valence-corrected chi connectivity index (χ2v) is 2.46. The van der Waals surface area contributed by atoms with E-state index < -0.39 is 0 Å². The van der Waals surface area contributed by atoms with Gasteiger partial charge in [0.1, 0.15) is 0 Å². The Kier molecular flexibility index (Phi) is 11.1. The fraction of sp³-hybridized carbons (Fsp3) is 0.333. The molecule has 0 saturated carbocycles. The Morgan fingerprint density at radius 1 is 1.00 bits per heavy atom. The van der Waals surface area contributed by atoms with E-state index in [1.54, 1.807) is 0 Å². The summed E-state index contributed by atoms with van der Waals surface area (Å²) < 4.78 is 0. The van der Waals surface area contributed by atoms with Crippen LogP contribution in [-0.4, -0.2) is 0 Å². The molecule has 0 fully saturated rings. The molecule has 1 rings (SSSR count). The molecule has 0 bridgehead atoms. The van der Waals surface area contributed by atoms with E-state index >= 15 is 0 Å². The van der Waals surface area contributed by atoms with Crippen molar-refractivity contribution in [2.45, 2.75) is 20.8 Å². The van der Waals surface area contributed by atoms with Crippen LogP contribution in [0, 0.1) is 5.92 Å². The maximum Gasteiger partial charge on any atom is 2.00 e. The average molecular weight is 181 g/mol. The van der Waals surface area contributed by atoms with Gasteiger partial charge in [-0.2, -0.15) is 39.0 Å². The number of hydrogen-bond donors (Lipinski definition) is 0. The van der Waals surface area contributed by atoms with Gasteiger partial charge in [0.25, 0.3) is 0 Å². The van der Waals surface area contributed by atoms with Crippen molar-refractivity contribution in [3.63, 3.8) is 0 Å². The van der Waals surface area contributed by atoms with Crippen LogP contribution in [0.2, 0.25) is 0 Å². The second-order valence-electron chi connectivity index (χ2n) is 2.46. The Morgan fingerprint density at radius 3 is 1.40 bits per heavy atom. The molecule has 1 aromatic carbocycles. The Labute approximate surface area is 74.2 Å². The first-order valence-electron chi connectivity index (χ1n) is 3.17. The molecule has 1 aromatic rings. The van der Waals surface area contributed by atoms with Gasteiger partial charge in [-0.25, -0.2) is 12.1 Å². The third-order valence-electron chi connectivity index (χ3n) is 0.556. The Hall–Kier alpha value is -0.144. The molecule has 0 heterocycles. The van der Waals surface area contributed by atoms with Gasteiger partial charge < -0.3 is 5.92 Å².